The molecule has 2 aromatic rings. The van der Waals surface area contributed by atoms with Gasteiger partial charge in [0.2, 0.25) is 0 Å². The van der Waals surface area contributed by atoms with Gasteiger partial charge in [0.1, 0.15) is 5.75 Å². The number of rotatable bonds is 4. The van der Waals surface area contributed by atoms with E-state index in [0.29, 0.717) is 6.04 Å². The Kier molecular flexibility index (Phi) is 4.42. The smallest absolute Gasteiger partial charge is 0.123 e. The summed E-state index contributed by atoms with van der Waals surface area (Å²) >= 11 is 0. The third-order valence-electron chi connectivity index (χ3n) is 4.41. The minimum atomic E-state index is 0.576. The minimum absolute atomic E-state index is 0.576. The van der Waals surface area contributed by atoms with Crippen LogP contribution in [-0.2, 0) is 6.54 Å². The molecular weight excluding hydrogens is 260 g/mol. The van der Waals surface area contributed by atoms with Gasteiger partial charge in [-0.3, -0.25) is 0 Å². The van der Waals surface area contributed by atoms with Gasteiger partial charge in [-0.2, -0.15) is 0 Å². The molecule has 0 aromatic heterocycles. The van der Waals surface area contributed by atoms with E-state index in [2.05, 4.69) is 53.7 Å². The maximum Gasteiger partial charge on any atom is 0.123 e. The van der Waals surface area contributed by atoms with Crippen molar-refractivity contribution in [3.8, 4) is 5.75 Å². The minimum Gasteiger partial charge on any atom is -0.496 e. The second kappa shape index (κ2) is 6.46. The molecule has 0 bridgehead atoms. The highest BCUT2D eigenvalue weighted by molar-refractivity contribution is 5.87. The Morgan fingerprint density at radius 3 is 2.90 bits per heavy atom. The predicted octanol–water partition coefficient (Wildman–Crippen LogP) is 3.03. The molecule has 2 aromatic carbocycles. The molecule has 0 aliphatic carbocycles. The zero-order chi connectivity index (χ0) is 14.7. The van der Waals surface area contributed by atoms with Gasteiger partial charge in [0.15, 0.2) is 0 Å². The maximum atomic E-state index is 5.56. The van der Waals surface area contributed by atoms with Crippen molar-refractivity contribution in [1.82, 2.24) is 10.2 Å². The highest BCUT2D eigenvalue weighted by Crippen LogP contribution is 2.28. The molecule has 0 radical (unpaired) electrons. The normalized spacial score (nSPS) is 19.8. The fraction of sp³-hybridized carbons (Fsp3) is 0.444. The number of nitrogens with one attached hydrogen (secondary N) is 1. The lowest BCUT2D eigenvalue weighted by atomic mass is 10.0. The molecule has 1 fully saturated rings. The average molecular weight is 284 g/mol. The lowest BCUT2D eigenvalue weighted by Gasteiger charge is -2.30. The summed E-state index contributed by atoms with van der Waals surface area (Å²) in [7, 11) is 3.95. The van der Waals surface area contributed by atoms with Gasteiger partial charge in [-0.05, 0) is 43.3 Å². The van der Waals surface area contributed by atoms with Crippen LogP contribution in [0.25, 0.3) is 10.8 Å². The zero-order valence-corrected chi connectivity index (χ0v) is 12.9. The summed E-state index contributed by atoms with van der Waals surface area (Å²) in [5.74, 6) is 0.977. The first-order chi connectivity index (χ1) is 10.3. The van der Waals surface area contributed by atoms with Gasteiger partial charge in [0.25, 0.3) is 0 Å². The standard InChI is InChI=1S/C18H24N2O/c1-20-11-5-7-15(13-20)19-12-17-16-8-4-3-6-14(16)9-10-18(17)21-2/h3-4,6,8-10,15,19H,5,7,11-13H2,1-2H3. The number of piperidine rings is 1. The van der Waals surface area contributed by atoms with Crippen LogP contribution in [0.4, 0.5) is 0 Å². The second-order valence-electron chi connectivity index (χ2n) is 5.95. The van der Waals surface area contributed by atoms with Crippen LogP contribution in [0.15, 0.2) is 36.4 Å². The number of fused-ring (bicyclic) bond motifs is 1. The number of likely N-dealkylation sites (tertiary alicyclic amines) is 1. The molecule has 0 amide bonds. The van der Waals surface area contributed by atoms with Gasteiger partial charge in [0, 0.05) is 24.7 Å². The molecule has 1 heterocycles. The Morgan fingerprint density at radius 2 is 2.10 bits per heavy atom. The van der Waals surface area contributed by atoms with Crippen molar-refractivity contribution in [2.24, 2.45) is 0 Å². The van der Waals surface area contributed by atoms with Crippen LogP contribution in [0.1, 0.15) is 18.4 Å². The van der Waals surface area contributed by atoms with E-state index in [1.54, 1.807) is 7.11 Å². The Bertz CT molecular complexity index is 611. The monoisotopic (exact) mass is 284 g/mol. The molecule has 1 N–H and O–H groups in total. The summed E-state index contributed by atoms with van der Waals surface area (Å²) in [5.41, 5.74) is 1.27. The van der Waals surface area contributed by atoms with E-state index in [9.17, 15) is 0 Å². The van der Waals surface area contributed by atoms with E-state index in [-0.39, 0.29) is 0 Å². The first-order valence-corrected chi connectivity index (χ1v) is 7.74. The summed E-state index contributed by atoms with van der Waals surface area (Å²) in [4.78, 5) is 2.40. The van der Waals surface area contributed by atoms with Crippen LogP contribution < -0.4 is 10.1 Å². The van der Waals surface area contributed by atoms with E-state index in [1.165, 1.54) is 35.7 Å². The van der Waals surface area contributed by atoms with Gasteiger partial charge >= 0.3 is 0 Å². The number of methoxy groups -OCH3 is 1. The fourth-order valence-electron chi connectivity index (χ4n) is 3.27. The summed E-state index contributed by atoms with van der Waals surface area (Å²) in [6, 6.07) is 13.3. The number of ether oxygens (including phenoxy) is 1. The Morgan fingerprint density at radius 1 is 1.24 bits per heavy atom. The molecule has 3 nitrogen and oxygen atoms in total. The van der Waals surface area contributed by atoms with Crippen molar-refractivity contribution in [1.29, 1.82) is 0 Å². The molecule has 3 heteroatoms. The zero-order valence-electron chi connectivity index (χ0n) is 12.9. The van der Waals surface area contributed by atoms with Gasteiger partial charge in [-0.1, -0.05) is 30.3 Å². The number of benzene rings is 2. The molecular formula is C18H24N2O. The lowest BCUT2D eigenvalue weighted by molar-refractivity contribution is 0.226. The Labute approximate surface area is 126 Å². The molecule has 112 valence electrons. The quantitative estimate of drug-likeness (QED) is 0.934. The van der Waals surface area contributed by atoms with Crippen molar-refractivity contribution in [3.63, 3.8) is 0 Å². The fourth-order valence-corrected chi connectivity index (χ4v) is 3.27. The average Bonchev–Trinajstić information content (AvgIpc) is 2.52. The van der Waals surface area contributed by atoms with Crippen molar-refractivity contribution >= 4 is 10.8 Å². The summed E-state index contributed by atoms with van der Waals surface area (Å²) in [5, 5.41) is 6.27. The first kappa shape index (κ1) is 14.4. The lowest BCUT2D eigenvalue weighted by Crippen LogP contribution is -2.43. The predicted molar refractivity (Wildman–Crippen MR) is 87.9 cm³/mol. The highest BCUT2D eigenvalue weighted by atomic mass is 16.5. The molecule has 1 unspecified atom stereocenters. The van der Waals surface area contributed by atoms with Crippen molar-refractivity contribution in [3.05, 3.63) is 42.0 Å². The first-order valence-electron chi connectivity index (χ1n) is 7.74. The molecule has 3 rings (SSSR count). The van der Waals surface area contributed by atoms with Crippen LogP contribution in [-0.4, -0.2) is 38.2 Å². The third-order valence-corrected chi connectivity index (χ3v) is 4.41. The largest absolute Gasteiger partial charge is 0.496 e. The van der Waals surface area contributed by atoms with E-state index in [0.717, 1.165) is 18.8 Å². The van der Waals surface area contributed by atoms with Gasteiger partial charge < -0.3 is 15.0 Å². The number of nitrogens with zero attached hydrogens (tertiary/aromatic N) is 1. The number of hydrogen-bond donors (Lipinski definition) is 1. The van der Waals surface area contributed by atoms with E-state index >= 15 is 0 Å². The third kappa shape index (κ3) is 3.20. The molecule has 1 atom stereocenters. The van der Waals surface area contributed by atoms with Crippen LogP contribution >= 0.6 is 0 Å². The van der Waals surface area contributed by atoms with Gasteiger partial charge in [-0.25, -0.2) is 0 Å². The SMILES string of the molecule is COc1ccc2ccccc2c1CNC1CCCN(C)C1. The highest BCUT2D eigenvalue weighted by Gasteiger charge is 2.17. The Balaban J connectivity index is 1.81. The maximum absolute atomic E-state index is 5.56. The summed E-state index contributed by atoms with van der Waals surface area (Å²) in [6.45, 7) is 3.21. The molecule has 1 aliphatic rings. The van der Waals surface area contributed by atoms with Crippen molar-refractivity contribution < 1.29 is 4.74 Å². The van der Waals surface area contributed by atoms with Crippen molar-refractivity contribution in [2.75, 3.05) is 27.2 Å². The van der Waals surface area contributed by atoms with Crippen molar-refractivity contribution in [2.45, 2.75) is 25.4 Å². The van der Waals surface area contributed by atoms with Crippen LogP contribution in [0.3, 0.4) is 0 Å². The molecule has 0 saturated carbocycles. The van der Waals surface area contributed by atoms with E-state index < -0.39 is 0 Å². The summed E-state index contributed by atoms with van der Waals surface area (Å²) < 4.78 is 5.56. The van der Waals surface area contributed by atoms with Gasteiger partial charge in [-0.15, -0.1) is 0 Å². The molecule has 21 heavy (non-hydrogen) atoms. The number of likely N-dealkylation sites (N-methyl/N-ethyl adjacent to an activating group) is 1. The Hall–Kier alpha value is -1.58. The van der Waals surface area contributed by atoms with Crippen LogP contribution in [0, 0.1) is 0 Å². The second-order valence-corrected chi connectivity index (χ2v) is 5.95. The van der Waals surface area contributed by atoms with Crippen LogP contribution in [0.2, 0.25) is 0 Å². The van der Waals surface area contributed by atoms with Gasteiger partial charge in [0.05, 0.1) is 7.11 Å². The summed E-state index contributed by atoms with van der Waals surface area (Å²) in [6.07, 6.45) is 2.54. The van der Waals surface area contributed by atoms with Crippen LogP contribution in [0.5, 0.6) is 5.75 Å². The molecule has 0 spiro atoms. The van der Waals surface area contributed by atoms with E-state index in [1.807, 2.05) is 0 Å². The topological polar surface area (TPSA) is 24.5 Å². The molecule has 1 saturated heterocycles. The molecule has 1 aliphatic heterocycles. The number of hydrogen-bond acceptors (Lipinski definition) is 3. The van der Waals surface area contributed by atoms with E-state index in [4.69, 9.17) is 4.74 Å².